The van der Waals surface area contributed by atoms with Gasteiger partial charge in [-0.2, -0.15) is 0 Å². The number of halogens is 3. The number of benzene rings is 3. The Labute approximate surface area is 216 Å². The lowest BCUT2D eigenvalue weighted by molar-refractivity contribution is -0.122. The first-order valence-electron chi connectivity index (χ1n) is 10.8. The van der Waals surface area contributed by atoms with Crippen LogP contribution in [0, 0.1) is 5.82 Å². The lowest BCUT2D eigenvalue weighted by Gasteiger charge is -2.26. The van der Waals surface area contributed by atoms with Crippen LogP contribution in [-0.4, -0.2) is 24.5 Å². The van der Waals surface area contributed by atoms with Gasteiger partial charge in [0.2, 0.25) is 0 Å². The van der Waals surface area contributed by atoms with Crippen molar-refractivity contribution in [1.29, 1.82) is 0 Å². The fourth-order valence-corrected chi connectivity index (χ4v) is 3.99. The zero-order valence-corrected chi connectivity index (χ0v) is 20.4. The van der Waals surface area contributed by atoms with Crippen molar-refractivity contribution in [1.82, 2.24) is 5.32 Å². The highest BCUT2D eigenvalue weighted by Crippen LogP contribution is 2.38. The van der Waals surface area contributed by atoms with E-state index in [1.165, 1.54) is 36.4 Å². The minimum absolute atomic E-state index is 0.0373. The van der Waals surface area contributed by atoms with Gasteiger partial charge in [-0.3, -0.25) is 14.9 Å². The van der Waals surface area contributed by atoms with E-state index in [0.29, 0.717) is 16.1 Å². The molecule has 0 saturated carbocycles. The normalized spacial score (nSPS) is 14.7. The Morgan fingerprint density at radius 3 is 2.50 bits per heavy atom. The molecule has 1 saturated heterocycles. The predicted octanol–water partition coefficient (Wildman–Crippen LogP) is 5.78. The van der Waals surface area contributed by atoms with Crippen molar-refractivity contribution in [2.24, 2.45) is 0 Å². The Kier molecular flexibility index (Phi) is 7.57. The molecule has 0 atom stereocenters. The highest BCUT2D eigenvalue weighted by molar-refractivity contribution is 6.39. The van der Waals surface area contributed by atoms with Gasteiger partial charge in [0.1, 0.15) is 18.0 Å². The Morgan fingerprint density at radius 1 is 1.00 bits per heavy atom. The first-order chi connectivity index (χ1) is 17.3. The maximum Gasteiger partial charge on any atom is 0.335 e. The molecule has 36 heavy (non-hydrogen) atoms. The molecule has 0 unspecified atom stereocenters. The third-order valence-corrected chi connectivity index (χ3v) is 5.60. The van der Waals surface area contributed by atoms with E-state index < -0.39 is 23.7 Å². The van der Waals surface area contributed by atoms with Crippen molar-refractivity contribution in [3.63, 3.8) is 0 Å². The van der Waals surface area contributed by atoms with E-state index in [-0.39, 0.29) is 41.0 Å². The average Bonchev–Trinajstić information content (AvgIpc) is 2.81. The molecule has 4 amide bonds. The zero-order valence-electron chi connectivity index (χ0n) is 18.9. The molecule has 0 aromatic heterocycles. The van der Waals surface area contributed by atoms with Crippen molar-refractivity contribution >= 4 is 52.8 Å². The highest BCUT2D eigenvalue weighted by Gasteiger charge is 2.37. The largest absolute Gasteiger partial charge is 0.490 e. The lowest BCUT2D eigenvalue weighted by Crippen LogP contribution is -2.54. The van der Waals surface area contributed by atoms with Gasteiger partial charge in [0, 0.05) is 5.02 Å². The smallest absolute Gasteiger partial charge is 0.335 e. The topological polar surface area (TPSA) is 84.9 Å². The quantitative estimate of drug-likeness (QED) is 0.310. The van der Waals surface area contributed by atoms with Gasteiger partial charge in [0.05, 0.1) is 17.3 Å². The predicted molar refractivity (Wildman–Crippen MR) is 134 cm³/mol. The summed E-state index contributed by atoms with van der Waals surface area (Å²) >= 11 is 12.4. The Bertz CT molecular complexity index is 1390. The molecule has 184 valence electrons. The van der Waals surface area contributed by atoms with E-state index in [9.17, 15) is 18.8 Å². The number of hydrogen-bond acceptors (Lipinski definition) is 5. The summed E-state index contributed by atoms with van der Waals surface area (Å²) in [5.74, 6) is -1.59. The standard InChI is InChI=1S/C26H19Cl2FN2O5/c1-2-35-22-12-16(11-21(28)23(22)36-14-15-5-3-7-18(29)9-15)10-20-24(32)30-26(34)31(25(20)33)19-8-4-6-17(27)13-19/h3-13H,2,14H2,1H3,(H,30,32,34)/b20-10+. The van der Waals surface area contributed by atoms with Crippen LogP contribution >= 0.6 is 23.2 Å². The number of nitrogens with one attached hydrogen (secondary N) is 1. The molecule has 1 N–H and O–H groups in total. The first kappa shape index (κ1) is 25.2. The summed E-state index contributed by atoms with van der Waals surface area (Å²) in [5, 5.41) is 2.62. The lowest BCUT2D eigenvalue weighted by atomic mass is 10.1. The Morgan fingerprint density at radius 2 is 1.78 bits per heavy atom. The van der Waals surface area contributed by atoms with Crippen LogP contribution in [0.25, 0.3) is 6.08 Å². The molecule has 1 aliphatic rings. The average molecular weight is 529 g/mol. The van der Waals surface area contributed by atoms with E-state index in [4.69, 9.17) is 32.7 Å². The van der Waals surface area contributed by atoms with Crippen LogP contribution in [0.3, 0.4) is 0 Å². The molecule has 10 heteroatoms. The van der Waals surface area contributed by atoms with Gasteiger partial charge in [-0.05, 0) is 66.6 Å². The summed E-state index contributed by atoms with van der Waals surface area (Å²) in [4.78, 5) is 38.9. The minimum atomic E-state index is -0.890. The number of carbonyl (C=O) groups excluding carboxylic acids is 3. The summed E-state index contributed by atoms with van der Waals surface area (Å²) in [7, 11) is 0. The Balaban J connectivity index is 1.66. The van der Waals surface area contributed by atoms with Crippen LogP contribution in [0.4, 0.5) is 14.9 Å². The second kappa shape index (κ2) is 10.8. The highest BCUT2D eigenvalue weighted by atomic mass is 35.5. The molecule has 3 aromatic rings. The van der Waals surface area contributed by atoms with Gasteiger partial charge in [-0.25, -0.2) is 14.1 Å². The van der Waals surface area contributed by atoms with Gasteiger partial charge >= 0.3 is 6.03 Å². The van der Waals surface area contributed by atoms with Crippen LogP contribution in [0.2, 0.25) is 10.0 Å². The van der Waals surface area contributed by atoms with Crippen LogP contribution in [-0.2, 0) is 16.2 Å². The summed E-state index contributed by atoms with van der Waals surface area (Å²) in [6, 6.07) is 14.2. The molecule has 4 rings (SSSR count). The van der Waals surface area contributed by atoms with E-state index in [1.54, 1.807) is 37.3 Å². The molecule has 0 spiro atoms. The maximum atomic E-state index is 13.5. The second-order valence-electron chi connectivity index (χ2n) is 7.62. The van der Waals surface area contributed by atoms with Crippen molar-refractivity contribution in [2.45, 2.75) is 13.5 Å². The number of carbonyl (C=O) groups is 3. The first-order valence-corrected chi connectivity index (χ1v) is 11.5. The molecule has 0 aliphatic carbocycles. The van der Waals surface area contributed by atoms with Crippen molar-refractivity contribution in [3.05, 3.63) is 93.2 Å². The molecular formula is C26H19Cl2FN2O5. The summed E-state index contributed by atoms with van der Waals surface area (Å²) in [6.07, 6.45) is 1.30. The number of nitrogens with zero attached hydrogens (tertiary/aromatic N) is 1. The zero-order chi connectivity index (χ0) is 25.8. The monoisotopic (exact) mass is 528 g/mol. The number of ether oxygens (including phenoxy) is 2. The van der Waals surface area contributed by atoms with E-state index >= 15 is 0 Å². The second-order valence-corrected chi connectivity index (χ2v) is 8.46. The number of anilines is 1. The van der Waals surface area contributed by atoms with Gasteiger partial charge in [-0.15, -0.1) is 0 Å². The van der Waals surface area contributed by atoms with Crippen molar-refractivity contribution in [3.8, 4) is 11.5 Å². The van der Waals surface area contributed by atoms with E-state index in [2.05, 4.69) is 5.32 Å². The minimum Gasteiger partial charge on any atom is -0.490 e. The third kappa shape index (κ3) is 5.50. The number of hydrogen-bond donors (Lipinski definition) is 1. The SMILES string of the molecule is CCOc1cc(/C=C2\C(=O)NC(=O)N(c3cccc(Cl)c3)C2=O)cc(Cl)c1OCc1cccc(F)c1. The molecule has 3 aromatic carbocycles. The maximum absolute atomic E-state index is 13.5. The van der Waals surface area contributed by atoms with E-state index in [1.807, 2.05) is 0 Å². The van der Waals surface area contributed by atoms with Crippen LogP contribution in [0.15, 0.2) is 66.2 Å². The number of barbiturate groups is 1. The Hall–Kier alpha value is -3.88. The van der Waals surface area contributed by atoms with Crippen LogP contribution < -0.4 is 19.7 Å². The van der Waals surface area contributed by atoms with Gasteiger partial charge < -0.3 is 9.47 Å². The molecular weight excluding hydrogens is 510 g/mol. The summed E-state index contributed by atoms with van der Waals surface area (Å²) < 4.78 is 24.9. The number of urea groups is 1. The summed E-state index contributed by atoms with van der Waals surface area (Å²) in [6.45, 7) is 2.08. The van der Waals surface area contributed by atoms with Gasteiger partial charge in [-0.1, -0.05) is 41.4 Å². The van der Waals surface area contributed by atoms with Crippen molar-refractivity contribution in [2.75, 3.05) is 11.5 Å². The van der Waals surface area contributed by atoms with Crippen LogP contribution in [0.5, 0.6) is 11.5 Å². The molecule has 1 heterocycles. The molecule has 1 fully saturated rings. The van der Waals surface area contributed by atoms with Crippen molar-refractivity contribution < 1.29 is 28.2 Å². The number of amides is 4. The third-order valence-electron chi connectivity index (χ3n) is 5.08. The van der Waals surface area contributed by atoms with Gasteiger partial charge in [0.25, 0.3) is 11.8 Å². The van der Waals surface area contributed by atoms with Gasteiger partial charge in [0.15, 0.2) is 11.5 Å². The molecule has 1 aliphatic heterocycles. The number of imide groups is 2. The van der Waals surface area contributed by atoms with Crippen LogP contribution in [0.1, 0.15) is 18.1 Å². The molecule has 7 nitrogen and oxygen atoms in total. The fourth-order valence-electron chi connectivity index (χ4n) is 3.53. The summed E-state index contributed by atoms with van der Waals surface area (Å²) in [5.41, 5.74) is 0.870. The molecule has 0 bridgehead atoms. The number of rotatable bonds is 7. The van der Waals surface area contributed by atoms with E-state index in [0.717, 1.165) is 4.90 Å². The molecule has 0 radical (unpaired) electrons. The fraction of sp³-hybridized carbons (Fsp3) is 0.115.